The van der Waals surface area contributed by atoms with Gasteiger partial charge in [0.15, 0.2) is 11.5 Å². The third kappa shape index (κ3) is 6.82. The molecule has 1 aliphatic heterocycles. The van der Waals surface area contributed by atoms with Crippen molar-refractivity contribution >= 4 is 11.7 Å². The molecule has 3 atom stereocenters. The molecule has 2 N–H and O–H groups in total. The minimum atomic E-state index is -0.328. The Kier molecular flexibility index (Phi) is 8.95. The van der Waals surface area contributed by atoms with Crippen LogP contribution in [-0.4, -0.2) is 23.7 Å². The fraction of sp³-hybridized carbons (Fsp3) is 0.600. The Bertz CT molecular complexity index is 775. The molecule has 31 heavy (non-hydrogen) atoms. The minimum absolute atomic E-state index is 0.114. The molecule has 1 heterocycles. The van der Waals surface area contributed by atoms with Crippen molar-refractivity contribution in [1.82, 2.24) is 5.48 Å². The van der Waals surface area contributed by atoms with Crippen LogP contribution in [0, 0.1) is 17.8 Å². The Hall–Kier alpha value is -2.34. The first kappa shape index (κ1) is 23.3. The van der Waals surface area contributed by atoms with E-state index in [2.05, 4.69) is 12.1 Å². The van der Waals surface area contributed by atoms with Crippen LogP contribution in [0.2, 0.25) is 0 Å². The van der Waals surface area contributed by atoms with Crippen molar-refractivity contribution in [3.8, 4) is 11.5 Å². The van der Waals surface area contributed by atoms with Crippen molar-refractivity contribution < 1.29 is 24.3 Å². The lowest BCUT2D eigenvalue weighted by atomic mass is 9.77. The maximum absolute atomic E-state index is 12.2. The van der Waals surface area contributed by atoms with E-state index in [4.69, 9.17) is 14.7 Å². The molecule has 3 unspecified atom stereocenters. The lowest BCUT2D eigenvalue weighted by Crippen LogP contribution is -2.34. The lowest BCUT2D eigenvalue weighted by molar-refractivity contribution is -0.135. The van der Waals surface area contributed by atoms with Gasteiger partial charge in [0.2, 0.25) is 12.7 Å². The molecule has 1 aliphatic carbocycles. The summed E-state index contributed by atoms with van der Waals surface area (Å²) in [5.74, 6) is 1.86. The second-order valence-electron chi connectivity index (χ2n) is 8.82. The van der Waals surface area contributed by atoms with Crippen molar-refractivity contribution in [3.05, 3.63) is 35.9 Å². The highest BCUT2D eigenvalue weighted by Gasteiger charge is 2.29. The Balaban J connectivity index is 1.24. The Morgan fingerprint density at radius 1 is 1.06 bits per heavy atom. The van der Waals surface area contributed by atoms with Crippen molar-refractivity contribution in [3.63, 3.8) is 0 Å². The molecule has 0 radical (unpaired) electrons. The molecule has 2 aliphatic rings. The lowest BCUT2D eigenvalue weighted by Gasteiger charge is -2.28. The summed E-state index contributed by atoms with van der Waals surface area (Å²) in [4.78, 5) is 24.0. The summed E-state index contributed by atoms with van der Waals surface area (Å²) in [6, 6.07) is 6.06. The van der Waals surface area contributed by atoms with E-state index in [0.717, 1.165) is 56.4 Å². The number of unbranched alkanes of at least 4 members (excludes halogenated alkanes) is 4. The molecule has 6 heteroatoms. The number of carbonyl (C=O) groups is 2. The summed E-state index contributed by atoms with van der Waals surface area (Å²) >= 11 is 0. The summed E-state index contributed by atoms with van der Waals surface area (Å²) < 4.78 is 11.0. The SMILES string of the molecule is CC1C=CC(CCC(=O)CCCCCCCc2cccc3c2OCO3)CC1C(=O)NO. The number of fused-ring (bicyclic) bond motifs is 1. The molecule has 1 aromatic rings. The second-order valence-corrected chi connectivity index (χ2v) is 8.82. The van der Waals surface area contributed by atoms with Crippen LogP contribution in [0.4, 0.5) is 0 Å². The first-order valence-electron chi connectivity index (χ1n) is 11.6. The molecule has 0 saturated carbocycles. The molecule has 0 fully saturated rings. The average molecular weight is 430 g/mol. The van der Waals surface area contributed by atoms with Crippen molar-refractivity contribution in [2.75, 3.05) is 6.79 Å². The van der Waals surface area contributed by atoms with Crippen molar-refractivity contribution in [1.29, 1.82) is 0 Å². The summed E-state index contributed by atoms with van der Waals surface area (Å²) in [5, 5.41) is 8.89. The van der Waals surface area contributed by atoms with Gasteiger partial charge in [0, 0.05) is 18.8 Å². The molecular formula is C25H35NO5. The van der Waals surface area contributed by atoms with Crippen LogP contribution in [0.3, 0.4) is 0 Å². The van der Waals surface area contributed by atoms with Crippen molar-refractivity contribution in [2.24, 2.45) is 17.8 Å². The molecule has 0 saturated heterocycles. The van der Waals surface area contributed by atoms with E-state index in [-0.39, 0.29) is 23.7 Å². The van der Waals surface area contributed by atoms with Gasteiger partial charge in [-0.05, 0) is 55.6 Å². The van der Waals surface area contributed by atoms with Gasteiger partial charge in [-0.25, -0.2) is 5.48 Å². The summed E-state index contributed by atoms with van der Waals surface area (Å²) in [7, 11) is 0. The van der Waals surface area contributed by atoms with Crippen LogP contribution in [0.1, 0.15) is 70.3 Å². The molecule has 1 amide bonds. The van der Waals surface area contributed by atoms with Gasteiger partial charge in [0.25, 0.3) is 0 Å². The predicted molar refractivity (Wildman–Crippen MR) is 118 cm³/mol. The third-order valence-corrected chi connectivity index (χ3v) is 6.50. The number of rotatable bonds is 12. The highest BCUT2D eigenvalue weighted by atomic mass is 16.7. The molecule has 1 aromatic carbocycles. The maximum atomic E-state index is 12.2. The van der Waals surface area contributed by atoms with E-state index in [9.17, 15) is 9.59 Å². The first-order valence-corrected chi connectivity index (χ1v) is 11.6. The van der Waals surface area contributed by atoms with Crippen LogP contribution < -0.4 is 15.0 Å². The third-order valence-electron chi connectivity index (χ3n) is 6.50. The Morgan fingerprint density at radius 3 is 2.71 bits per heavy atom. The zero-order valence-electron chi connectivity index (χ0n) is 18.5. The molecule has 0 bridgehead atoms. The fourth-order valence-corrected chi connectivity index (χ4v) is 4.56. The molecule has 0 aromatic heterocycles. The smallest absolute Gasteiger partial charge is 0.247 e. The average Bonchev–Trinajstić information content (AvgIpc) is 3.27. The van der Waals surface area contributed by atoms with E-state index in [0.29, 0.717) is 31.8 Å². The quantitative estimate of drug-likeness (QED) is 0.212. The van der Waals surface area contributed by atoms with Gasteiger partial charge in [-0.1, -0.05) is 50.5 Å². The molecule has 3 rings (SSSR count). The van der Waals surface area contributed by atoms with Gasteiger partial charge in [0.1, 0.15) is 5.78 Å². The normalized spacial score (nSPS) is 21.8. The number of hydroxylamine groups is 1. The monoisotopic (exact) mass is 429 g/mol. The minimum Gasteiger partial charge on any atom is -0.454 e. The first-order chi connectivity index (χ1) is 15.1. The van der Waals surface area contributed by atoms with E-state index >= 15 is 0 Å². The fourth-order valence-electron chi connectivity index (χ4n) is 4.56. The number of benzene rings is 1. The number of nitrogens with one attached hydrogen (secondary N) is 1. The number of allylic oxidation sites excluding steroid dienone is 2. The number of ether oxygens (including phenoxy) is 2. The predicted octanol–water partition coefficient (Wildman–Crippen LogP) is 4.98. The summed E-state index contributed by atoms with van der Waals surface area (Å²) in [6.45, 7) is 2.29. The van der Waals surface area contributed by atoms with Crippen LogP contribution in [0.5, 0.6) is 11.5 Å². The van der Waals surface area contributed by atoms with Gasteiger partial charge >= 0.3 is 0 Å². The highest BCUT2D eigenvalue weighted by molar-refractivity contribution is 5.79. The van der Waals surface area contributed by atoms with E-state index in [1.54, 1.807) is 5.48 Å². The Labute approximate surface area is 185 Å². The standard InChI is InChI=1S/C25H35NO5/c1-18-12-13-19(16-22(18)25(28)26-29)14-15-21(27)10-6-4-2-3-5-8-20-9-7-11-23-24(20)31-17-30-23/h7,9,11-13,18-19,22,29H,2-6,8,10,14-17H2,1H3,(H,26,28). The van der Waals surface area contributed by atoms with E-state index < -0.39 is 0 Å². The molecule has 6 nitrogen and oxygen atoms in total. The molecular weight excluding hydrogens is 394 g/mol. The zero-order chi connectivity index (χ0) is 22.1. The van der Waals surface area contributed by atoms with Crippen LogP contribution in [0.15, 0.2) is 30.4 Å². The summed E-state index contributed by atoms with van der Waals surface area (Å²) in [5.41, 5.74) is 2.99. The van der Waals surface area contributed by atoms with Gasteiger partial charge in [-0.3, -0.25) is 14.8 Å². The topological polar surface area (TPSA) is 84.9 Å². The number of carbonyl (C=O) groups excluding carboxylic acids is 2. The number of para-hydroxylation sites is 1. The Morgan fingerprint density at radius 2 is 1.87 bits per heavy atom. The van der Waals surface area contributed by atoms with Gasteiger partial charge in [-0.15, -0.1) is 0 Å². The number of Topliss-reactive ketones (excluding diaryl/α,β-unsaturated/α-hetero) is 1. The van der Waals surface area contributed by atoms with Crippen LogP contribution >= 0.6 is 0 Å². The molecule has 0 spiro atoms. The highest BCUT2D eigenvalue weighted by Crippen LogP contribution is 2.36. The van der Waals surface area contributed by atoms with E-state index in [1.807, 2.05) is 25.1 Å². The number of ketones is 1. The van der Waals surface area contributed by atoms with Crippen LogP contribution in [-0.2, 0) is 16.0 Å². The number of amides is 1. The summed E-state index contributed by atoms with van der Waals surface area (Å²) in [6.07, 6.45) is 13.3. The zero-order valence-corrected chi connectivity index (χ0v) is 18.5. The molecule has 170 valence electrons. The van der Waals surface area contributed by atoms with Gasteiger partial charge in [0.05, 0.1) is 0 Å². The van der Waals surface area contributed by atoms with Gasteiger partial charge < -0.3 is 9.47 Å². The largest absolute Gasteiger partial charge is 0.454 e. The number of hydrogen-bond acceptors (Lipinski definition) is 5. The van der Waals surface area contributed by atoms with Crippen LogP contribution in [0.25, 0.3) is 0 Å². The number of aryl methyl sites for hydroxylation is 1. The maximum Gasteiger partial charge on any atom is 0.247 e. The van der Waals surface area contributed by atoms with E-state index in [1.165, 1.54) is 5.56 Å². The van der Waals surface area contributed by atoms with Gasteiger partial charge in [-0.2, -0.15) is 0 Å². The second kappa shape index (κ2) is 11.9. The number of hydrogen-bond donors (Lipinski definition) is 2. The van der Waals surface area contributed by atoms with Crippen molar-refractivity contribution in [2.45, 2.75) is 71.1 Å².